The third-order valence-corrected chi connectivity index (χ3v) is 10.7. The number of anilines is 1. The van der Waals surface area contributed by atoms with Gasteiger partial charge in [0, 0.05) is 44.4 Å². The Bertz CT molecular complexity index is 1810. The number of nitriles is 1. The summed E-state index contributed by atoms with van der Waals surface area (Å²) in [5.74, 6) is -1.13. The molecule has 0 N–H and O–H groups in total. The van der Waals surface area contributed by atoms with Crippen molar-refractivity contribution in [3.63, 3.8) is 0 Å². The molecule has 46 heavy (non-hydrogen) atoms. The molecule has 3 saturated heterocycles. The van der Waals surface area contributed by atoms with Crippen molar-refractivity contribution < 1.29 is 22.7 Å². The summed E-state index contributed by atoms with van der Waals surface area (Å²) >= 11 is 0. The van der Waals surface area contributed by atoms with E-state index in [2.05, 4.69) is 33.6 Å². The largest absolute Gasteiger partial charge is 0.461 e. The Balaban J connectivity index is 1.20. The number of hydrogen-bond donors (Lipinski definition) is 0. The number of nitrogens with zero attached hydrogens (tertiary/aromatic N) is 7. The van der Waals surface area contributed by atoms with E-state index < -0.39 is 35.3 Å². The number of amides is 1. The fourth-order valence-corrected chi connectivity index (χ4v) is 8.46. The Hall–Kier alpha value is -4.24. The van der Waals surface area contributed by atoms with Crippen LogP contribution in [-0.2, 0) is 11.2 Å². The minimum Gasteiger partial charge on any atom is -0.461 e. The van der Waals surface area contributed by atoms with E-state index in [1.54, 1.807) is 6.20 Å². The molecule has 8 rings (SSSR count). The Morgan fingerprint density at radius 1 is 1.22 bits per heavy atom. The van der Waals surface area contributed by atoms with Crippen LogP contribution in [0.25, 0.3) is 22.2 Å². The molecule has 2 unspecified atom stereocenters. The van der Waals surface area contributed by atoms with E-state index in [0.717, 1.165) is 37.8 Å². The summed E-state index contributed by atoms with van der Waals surface area (Å²) in [7, 11) is 0. The number of carbonyl (C=O) groups is 1. The molecule has 238 valence electrons. The van der Waals surface area contributed by atoms with Gasteiger partial charge < -0.3 is 14.5 Å². The lowest BCUT2D eigenvalue weighted by atomic mass is 9.95. The predicted molar refractivity (Wildman–Crippen MR) is 164 cm³/mol. The molecule has 3 aliphatic heterocycles. The van der Waals surface area contributed by atoms with Crippen molar-refractivity contribution in [1.29, 1.82) is 5.26 Å². The van der Waals surface area contributed by atoms with E-state index in [0.29, 0.717) is 36.0 Å². The van der Waals surface area contributed by atoms with Crippen LogP contribution in [-0.4, -0.2) is 87.7 Å². The van der Waals surface area contributed by atoms with Crippen LogP contribution in [0, 0.1) is 23.1 Å². The lowest BCUT2D eigenvalue weighted by molar-refractivity contribution is -0.131. The lowest BCUT2D eigenvalue weighted by Crippen LogP contribution is -2.55. The lowest BCUT2D eigenvalue weighted by Gasteiger charge is -2.41. The number of piperazine rings is 1. The molecule has 3 aromatic rings. The van der Waals surface area contributed by atoms with Crippen molar-refractivity contribution in [3.8, 4) is 23.3 Å². The Morgan fingerprint density at radius 3 is 2.91 bits per heavy atom. The van der Waals surface area contributed by atoms with Gasteiger partial charge in [0.05, 0.1) is 29.5 Å². The first-order chi connectivity index (χ1) is 22.3. The minimum atomic E-state index is -1.09. The van der Waals surface area contributed by atoms with Crippen molar-refractivity contribution >= 4 is 22.6 Å². The summed E-state index contributed by atoms with van der Waals surface area (Å²) in [6.45, 7) is 4.98. The van der Waals surface area contributed by atoms with Crippen LogP contribution in [0.4, 0.5) is 19.0 Å². The van der Waals surface area contributed by atoms with Crippen molar-refractivity contribution in [2.24, 2.45) is 5.92 Å². The monoisotopic (exact) mass is 629 g/mol. The number of halogens is 3. The molecule has 4 fully saturated rings. The standard InChI is InChI=1S/C34H34F3N7O2/c1-19(35)32(45)44-11-10-42(17-23(44)6-8-38)31-26-15-39-29(24-5-2-4-20-12-21-13-25(21)27(20)24)28(37)30(26)40-33(41-31)46-18-34-7-3-9-43(34)16-22(36)14-34/h2,4-5,15,21-23,25H,1,3,6-7,9-14,16-18H2/t21?,22-,23+,25?,34+/m1/s1. The van der Waals surface area contributed by atoms with Crippen LogP contribution in [0.1, 0.15) is 49.1 Å². The van der Waals surface area contributed by atoms with Gasteiger partial charge in [-0.1, -0.05) is 24.8 Å². The van der Waals surface area contributed by atoms with Gasteiger partial charge in [0.2, 0.25) is 0 Å². The Morgan fingerprint density at radius 2 is 2.09 bits per heavy atom. The first-order valence-electron chi connectivity index (χ1n) is 16.0. The third-order valence-electron chi connectivity index (χ3n) is 10.7. The number of alkyl halides is 1. The van der Waals surface area contributed by atoms with Gasteiger partial charge in [-0.3, -0.25) is 14.7 Å². The SMILES string of the molecule is C=C(F)C(=O)N1CCN(c2nc(OC[C@@]34CCCN3C[C@H](F)C4)nc3c(F)c(-c4cccc5c4C4CC4C5)ncc23)C[C@@H]1CC#N. The molecule has 1 saturated carbocycles. The maximum atomic E-state index is 16.7. The number of fused-ring (bicyclic) bond motifs is 5. The van der Waals surface area contributed by atoms with E-state index in [-0.39, 0.29) is 49.9 Å². The zero-order chi connectivity index (χ0) is 31.7. The number of rotatable bonds is 7. The van der Waals surface area contributed by atoms with Crippen LogP contribution < -0.4 is 9.64 Å². The van der Waals surface area contributed by atoms with Gasteiger partial charge in [0.25, 0.3) is 5.91 Å². The van der Waals surface area contributed by atoms with E-state index in [4.69, 9.17) is 9.72 Å². The fraction of sp³-hybridized carbons (Fsp3) is 0.500. The van der Waals surface area contributed by atoms with Crippen LogP contribution >= 0.6 is 0 Å². The van der Waals surface area contributed by atoms with Gasteiger partial charge in [-0.05, 0) is 55.2 Å². The summed E-state index contributed by atoms with van der Waals surface area (Å²) in [5.41, 5.74) is 3.00. The average Bonchev–Trinajstić information content (AvgIpc) is 3.37. The molecule has 5 heterocycles. The molecule has 9 nitrogen and oxygen atoms in total. The highest BCUT2D eigenvalue weighted by Crippen LogP contribution is 2.58. The Labute approximate surface area is 264 Å². The van der Waals surface area contributed by atoms with Gasteiger partial charge in [-0.15, -0.1) is 0 Å². The first-order valence-corrected chi connectivity index (χ1v) is 16.0. The van der Waals surface area contributed by atoms with E-state index in [1.165, 1.54) is 16.0 Å². The summed E-state index contributed by atoms with van der Waals surface area (Å²) in [6.07, 6.45) is 4.82. The van der Waals surface area contributed by atoms with Crippen LogP contribution in [0.2, 0.25) is 0 Å². The highest BCUT2D eigenvalue weighted by molar-refractivity contribution is 5.93. The second kappa shape index (κ2) is 10.9. The normalized spacial score (nSPS) is 28.1. The average molecular weight is 630 g/mol. The third kappa shape index (κ3) is 4.70. The zero-order valence-electron chi connectivity index (χ0n) is 25.4. The molecule has 0 spiro atoms. The van der Waals surface area contributed by atoms with E-state index >= 15 is 4.39 Å². The number of aromatic nitrogens is 3. The van der Waals surface area contributed by atoms with Crippen LogP contribution in [0.3, 0.4) is 0 Å². The number of benzene rings is 1. The number of pyridine rings is 1. The maximum Gasteiger partial charge on any atom is 0.319 e. The maximum absolute atomic E-state index is 16.7. The molecule has 12 heteroatoms. The second-order valence-corrected chi connectivity index (χ2v) is 13.4. The first kappa shape index (κ1) is 29.2. The molecule has 0 bridgehead atoms. The molecule has 0 radical (unpaired) electrons. The van der Waals surface area contributed by atoms with Gasteiger partial charge in [0.15, 0.2) is 11.6 Å². The topological polar surface area (TPSA) is 98.5 Å². The second-order valence-electron chi connectivity index (χ2n) is 13.4. The Kier molecular flexibility index (Phi) is 6.94. The highest BCUT2D eigenvalue weighted by Gasteiger charge is 2.50. The molecule has 2 aromatic heterocycles. The van der Waals surface area contributed by atoms with Crippen LogP contribution in [0.5, 0.6) is 6.01 Å². The molecule has 5 aliphatic rings. The molecule has 1 amide bonds. The molecule has 2 aliphatic carbocycles. The molecule has 5 atom stereocenters. The van der Waals surface area contributed by atoms with Gasteiger partial charge in [-0.2, -0.15) is 15.2 Å². The van der Waals surface area contributed by atoms with Crippen molar-refractivity contribution in [2.45, 2.75) is 62.2 Å². The fourth-order valence-electron chi connectivity index (χ4n) is 8.46. The summed E-state index contributed by atoms with van der Waals surface area (Å²) in [6, 6.07) is 7.37. The van der Waals surface area contributed by atoms with Crippen LogP contribution in [0.15, 0.2) is 36.8 Å². The zero-order valence-corrected chi connectivity index (χ0v) is 25.4. The molecular formula is C34H34F3N7O2. The molecule has 1 aromatic carbocycles. The predicted octanol–water partition coefficient (Wildman–Crippen LogP) is 4.86. The number of hydrogen-bond acceptors (Lipinski definition) is 8. The highest BCUT2D eigenvalue weighted by atomic mass is 19.1. The summed E-state index contributed by atoms with van der Waals surface area (Å²) in [5, 5.41) is 9.86. The van der Waals surface area contributed by atoms with Gasteiger partial charge >= 0.3 is 6.01 Å². The van der Waals surface area contributed by atoms with Gasteiger partial charge in [-0.25, -0.2) is 13.2 Å². The van der Waals surface area contributed by atoms with Crippen molar-refractivity contribution in [1.82, 2.24) is 24.8 Å². The number of ether oxygens (including phenoxy) is 1. The number of carbonyl (C=O) groups excluding carboxylic acids is 1. The summed E-state index contributed by atoms with van der Waals surface area (Å²) in [4.78, 5) is 31.7. The van der Waals surface area contributed by atoms with E-state index in [9.17, 15) is 18.8 Å². The van der Waals surface area contributed by atoms with E-state index in [1.807, 2.05) is 17.0 Å². The van der Waals surface area contributed by atoms with Crippen molar-refractivity contribution in [2.75, 3.05) is 44.2 Å². The summed E-state index contributed by atoms with van der Waals surface area (Å²) < 4.78 is 51.3. The smallest absolute Gasteiger partial charge is 0.319 e. The molecular weight excluding hydrogens is 595 g/mol. The van der Waals surface area contributed by atoms with Crippen molar-refractivity contribution in [3.05, 3.63) is 53.7 Å². The quantitative estimate of drug-likeness (QED) is 0.342. The van der Waals surface area contributed by atoms with Gasteiger partial charge in [0.1, 0.15) is 29.8 Å². The minimum absolute atomic E-state index is 0.0323.